The van der Waals surface area contributed by atoms with Gasteiger partial charge in [-0.25, -0.2) is 10.8 Å². The van der Waals surface area contributed by atoms with Crippen molar-refractivity contribution in [3.8, 4) is 0 Å². The minimum atomic E-state index is 0.340. The predicted molar refractivity (Wildman–Crippen MR) is 59.5 cm³/mol. The first-order valence-electron chi connectivity index (χ1n) is 5.16. The van der Waals surface area contributed by atoms with Gasteiger partial charge in [0.15, 0.2) is 0 Å². The standard InChI is InChI=1S/C10H16N4O/c11-14-10-6-8(3-4-12-10)13-7-9-2-1-5-15-9/h3-4,6,9H,1-2,5,7,11H2,(H2,12,13,14). The van der Waals surface area contributed by atoms with Crippen LogP contribution < -0.4 is 16.6 Å². The number of hydrogen-bond donors (Lipinski definition) is 3. The lowest BCUT2D eigenvalue weighted by molar-refractivity contribution is 0.120. The second kappa shape index (κ2) is 4.95. The Hall–Kier alpha value is -1.33. The molecule has 0 saturated carbocycles. The highest BCUT2D eigenvalue weighted by molar-refractivity contribution is 5.51. The van der Waals surface area contributed by atoms with E-state index in [0.717, 1.165) is 31.7 Å². The highest BCUT2D eigenvalue weighted by Crippen LogP contribution is 2.15. The summed E-state index contributed by atoms with van der Waals surface area (Å²) in [5, 5.41) is 3.30. The van der Waals surface area contributed by atoms with Crippen LogP contribution in [-0.2, 0) is 4.74 Å². The van der Waals surface area contributed by atoms with Gasteiger partial charge in [0, 0.05) is 31.1 Å². The summed E-state index contributed by atoms with van der Waals surface area (Å²) in [5.41, 5.74) is 3.52. The molecule has 4 N–H and O–H groups in total. The summed E-state index contributed by atoms with van der Waals surface area (Å²) in [7, 11) is 0. The summed E-state index contributed by atoms with van der Waals surface area (Å²) in [6, 6.07) is 3.78. The molecule has 0 aromatic carbocycles. The van der Waals surface area contributed by atoms with E-state index < -0.39 is 0 Å². The number of nitrogen functional groups attached to an aromatic ring is 1. The van der Waals surface area contributed by atoms with Crippen molar-refractivity contribution in [2.75, 3.05) is 23.9 Å². The fraction of sp³-hybridized carbons (Fsp3) is 0.500. The van der Waals surface area contributed by atoms with Crippen LogP contribution in [0.1, 0.15) is 12.8 Å². The molecule has 1 aliphatic rings. The van der Waals surface area contributed by atoms with Gasteiger partial charge in [0.25, 0.3) is 0 Å². The van der Waals surface area contributed by atoms with Gasteiger partial charge in [-0.05, 0) is 18.9 Å². The Morgan fingerprint density at radius 1 is 1.60 bits per heavy atom. The van der Waals surface area contributed by atoms with Crippen LogP contribution in [-0.4, -0.2) is 24.2 Å². The smallest absolute Gasteiger partial charge is 0.141 e. The van der Waals surface area contributed by atoms with Gasteiger partial charge in [-0.2, -0.15) is 0 Å². The van der Waals surface area contributed by atoms with Crippen LogP contribution in [0.4, 0.5) is 11.5 Å². The second-order valence-corrected chi connectivity index (χ2v) is 3.59. The average molecular weight is 208 g/mol. The number of ether oxygens (including phenoxy) is 1. The van der Waals surface area contributed by atoms with Crippen LogP contribution in [0.25, 0.3) is 0 Å². The van der Waals surface area contributed by atoms with E-state index in [1.807, 2.05) is 12.1 Å². The lowest BCUT2D eigenvalue weighted by atomic mass is 10.2. The molecule has 2 heterocycles. The number of rotatable bonds is 4. The van der Waals surface area contributed by atoms with E-state index in [4.69, 9.17) is 10.6 Å². The first-order chi connectivity index (χ1) is 7.38. The predicted octanol–water partition coefficient (Wildman–Crippen LogP) is 0.958. The molecule has 5 heteroatoms. The Balaban J connectivity index is 1.86. The zero-order chi connectivity index (χ0) is 10.5. The van der Waals surface area contributed by atoms with E-state index >= 15 is 0 Å². The fourth-order valence-corrected chi connectivity index (χ4v) is 1.66. The maximum atomic E-state index is 5.51. The first kappa shape index (κ1) is 10.2. The average Bonchev–Trinajstić information content (AvgIpc) is 2.79. The lowest BCUT2D eigenvalue weighted by Crippen LogP contribution is -2.18. The summed E-state index contributed by atoms with van der Waals surface area (Å²) in [4.78, 5) is 4.03. The quantitative estimate of drug-likeness (QED) is 0.507. The van der Waals surface area contributed by atoms with Crippen molar-refractivity contribution in [3.63, 3.8) is 0 Å². The van der Waals surface area contributed by atoms with Crippen molar-refractivity contribution in [3.05, 3.63) is 18.3 Å². The number of hydrogen-bond acceptors (Lipinski definition) is 5. The molecule has 0 aliphatic carbocycles. The SMILES string of the molecule is NNc1cc(NCC2CCCO2)ccn1. The third-order valence-corrected chi connectivity index (χ3v) is 2.47. The Kier molecular flexibility index (Phi) is 3.37. The Morgan fingerprint density at radius 2 is 2.53 bits per heavy atom. The molecule has 1 unspecified atom stereocenters. The summed E-state index contributed by atoms with van der Waals surface area (Å²) in [6.07, 6.45) is 4.36. The minimum absolute atomic E-state index is 0.340. The van der Waals surface area contributed by atoms with Crippen LogP contribution in [0.15, 0.2) is 18.3 Å². The Bertz CT molecular complexity index is 312. The van der Waals surface area contributed by atoms with Crippen molar-refractivity contribution in [2.45, 2.75) is 18.9 Å². The third-order valence-electron chi connectivity index (χ3n) is 2.47. The molecule has 0 amide bonds. The van der Waals surface area contributed by atoms with E-state index in [1.54, 1.807) is 6.20 Å². The van der Waals surface area contributed by atoms with Crippen LogP contribution in [0, 0.1) is 0 Å². The molecule has 1 aliphatic heterocycles. The van der Waals surface area contributed by atoms with Crippen molar-refractivity contribution in [2.24, 2.45) is 5.84 Å². The van der Waals surface area contributed by atoms with Crippen molar-refractivity contribution >= 4 is 11.5 Å². The van der Waals surface area contributed by atoms with Gasteiger partial charge in [-0.3, -0.25) is 0 Å². The topological polar surface area (TPSA) is 72.2 Å². The second-order valence-electron chi connectivity index (χ2n) is 3.59. The highest BCUT2D eigenvalue weighted by atomic mass is 16.5. The zero-order valence-corrected chi connectivity index (χ0v) is 8.57. The molecule has 1 atom stereocenters. The normalized spacial score (nSPS) is 20.2. The molecule has 0 bridgehead atoms. The zero-order valence-electron chi connectivity index (χ0n) is 8.57. The van der Waals surface area contributed by atoms with E-state index in [1.165, 1.54) is 0 Å². The number of pyridine rings is 1. The number of anilines is 2. The monoisotopic (exact) mass is 208 g/mol. The van der Waals surface area contributed by atoms with Crippen molar-refractivity contribution in [1.82, 2.24) is 4.98 Å². The number of nitrogens with zero attached hydrogens (tertiary/aromatic N) is 1. The summed E-state index contributed by atoms with van der Waals surface area (Å²) in [6.45, 7) is 1.73. The molecule has 5 nitrogen and oxygen atoms in total. The fourth-order valence-electron chi connectivity index (χ4n) is 1.66. The number of nitrogens with one attached hydrogen (secondary N) is 2. The van der Waals surface area contributed by atoms with Crippen LogP contribution in [0.5, 0.6) is 0 Å². The number of nitrogens with two attached hydrogens (primary N) is 1. The molecule has 0 spiro atoms. The van der Waals surface area contributed by atoms with Crippen molar-refractivity contribution in [1.29, 1.82) is 0 Å². The number of hydrazine groups is 1. The first-order valence-corrected chi connectivity index (χ1v) is 5.16. The largest absolute Gasteiger partial charge is 0.382 e. The van der Waals surface area contributed by atoms with Crippen LogP contribution in [0.3, 0.4) is 0 Å². The van der Waals surface area contributed by atoms with Gasteiger partial charge in [0.2, 0.25) is 0 Å². The van der Waals surface area contributed by atoms with Gasteiger partial charge in [0.1, 0.15) is 5.82 Å². The van der Waals surface area contributed by atoms with Crippen LogP contribution in [0.2, 0.25) is 0 Å². The van der Waals surface area contributed by atoms with Gasteiger partial charge < -0.3 is 15.5 Å². The minimum Gasteiger partial charge on any atom is -0.382 e. The Morgan fingerprint density at radius 3 is 3.27 bits per heavy atom. The summed E-state index contributed by atoms with van der Waals surface area (Å²) in [5.74, 6) is 5.93. The van der Waals surface area contributed by atoms with E-state index in [2.05, 4.69) is 15.7 Å². The lowest BCUT2D eigenvalue weighted by Gasteiger charge is -2.12. The van der Waals surface area contributed by atoms with E-state index in [9.17, 15) is 0 Å². The van der Waals surface area contributed by atoms with Crippen LogP contribution >= 0.6 is 0 Å². The van der Waals surface area contributed by atoms with Gasteiger partial charge in [-0.1, -0.05) is 0 Å². The molecule has 2 rings (SSSR count). The Labute approximate surface area is 89.0 Å². The molecular formula is C10H16N4O. The van der Waals surface area contributed by atoms with Gasteiger partial charge >= 0.3 is 0 Å². The molecule has 1 fully saturated rings. The molecule has 82 valence electrons. The maximum absolute atomic E-state index is 5.51. The molecule has 0 radical (unpaired) electrons. The van der Waals surface area contributed by atoms with E-state index in [0.29, 0.717) is 11.9 Å². The van der Waals surface area contributed by atoms with Crippen molar-refractivity contribution < 1.29 is 4.74 Å². The number of aromatic nitrogens is 1. The maximum Gasteiger partial charge on any atom is 0.141 e. The highest BCUT2D eigenvalue weighted by Gasteiger charge is 2.14. The molecule has 1 saturated heterocycles. The molecular weight excluding hydrogens is 192 g/mol. The molecule has 1 aromatic rings. The molecule has 1 aromatic heterocycles. The third kappa shape index (κ3) is 2.81. The van der Waals surface area contributed by atoms with Gasteiger partial charge in [-0.15, -0.1) is 0 Å². The summed E-state index contributed by atoms with van der Waals surface area (Å²) < 4.78 is 5.51. The van der Waals surface area contributed by atoms with Gasteiger partial charge in [0.05, 0.1) is 6.10 Å². The molecule has 15 heavy (non-hydrogen) atoms. The summed E-state index contributed by atoms with van der Waals surface area (Å²) >= 11 is 0. The van der Waals surface area contributed by atoms with E-state index in [-0.39, 0.29) is 0 Å².